The Hall–Kier alpha value is -3.98. The molecule has 2 atom stereocenters. The van der Waals surface area contributed by atoms with Crippen LogP contribution in [0.15, 0.2) is 48.5 Å². The Morgan fingerprint density at radius 1 is 0.736 bits per heavy atom. The van der Waals surface area contributed by atoms with Crippen molar-refractivity contribution in [1.29, 1.82) is 0 Å². The molecule has 10 heteroatoms. The van der Waals surface area contributed by atoms with Gasteiger partial charge in [-0.3, -0.25) is 9.80 Å². The molecule has 2 aliphatic heterocycles. The molecule has 0 radical (unpaired) electrons. The lowest BCUT2D eigenvalue weighted by molar-refractivity contribution is -0.0776. The van der Waals surface area contributed by atoms with Crippen LogP contribution in [0.5, 0.6) is 28.7 Å². The lowest BCUT2D eigenvalue weighted by Gasteiger charge is -2.37. The number of fused-ring (bicyclic) bond motifs is 2. The highest BCUT2D eigenvalue weighted by Gasteiger charge is 2.36. The van der Waals surface area contributed by atoms with Crippen LogP contribution in [0.25, 0.3) is 0 Å². The third-order valence-electron chi connectivity index (χ3n) is 11.0. The maximum Gasteiger partial charge on any atom is 0.161 e. The smallest absolute Gasteiger partial charge is 0.161 e. The van der Waals surface area contributed by atoms with Gasteiger partial charge in [-0.1, -0.05) is 23.6 Å². The molecule has 0 aromatic heterocycles. The summed E-state index contributed by atoms with van der Waals surface area (Å²) in [7, 11) is 4.98. The number of hydrogen-bond donors (Lipinski definition) is 2. The van der Waals surface area contributed by atoms with E-state index in [1.54, 1.807) is 21.3 Å². The predicted octanol–water partition coefficient (Wildman–Crippen LogP) is 5.20. The van der Waals surface area contributed by atoms with Crippen LogP contribution < -0.4 is 23.7 Å². The molecule has 3 aromatic carbocycles. The Labute approximate surface area is 314 Å². The summed E-state index contributed by atoms with van der Waals surface area (Å²) in [6, 6.07) is 16.2. The van der Waals surface area contributed by atoms with Crippen LogP contribution in [0, 0.1) is 25.2 Å². The summed E-state index contributed by atoms with van der Waals surface area (Å²) in [5.41, 5.74) is 5.37. The minimum Gasteiger partial charge on any atom is -0.493 e. The molecule has 0 spiro atoms. The highest BCUT2D eigenvalue weighted by Crippen LogP contribution is 2.38. The standard InChI is InChI=1S/C43H56N2O8/c1-6-43(53-29-37(47)26-45-18-13-32-19-39(48-3)40(49-4)21-34(32)23-45)15-11-31(12-16-43)27-52-42-22-35-24-44(17-14-33(35)20-41(42)50-5)25-36(46)28-51-38-9-7-30(2)8-10-38/h1,7-10,19-22,31,36-37,46-47H,11-18,23-29H2,2-5H3. The number of hydrogen-bond acceptors (Lipinski definition) is 10. The van der Waals surface area contributed by atoms with Crippen LogP contribution in [0.3, 0.4) is 0 Å². The van der Waals surface area contributed by atoms with Gasteiger partial charge in [0.15, 0.2) is 23.0 Å². The van der Waals surface area contributed by atoms with Crippen molar-refractivity contribution in [3.63, 3.8) is 0 Å². The van der Waals surface area contributed by atoms with Gasteiger partial charge in [-0.25, -0.2) is 0 Å². The van der Waals surface area contributed by atoms with Gasteiger partial charge >= 0.3 is 0 Å². The molecule has 2 unspecified atom stereocenters. The number of terminal acetylenes is 1. The van der Waals surface area contributed by atoms with E-state index in [0.717, 1.165) is 93.5 Å². The third kappa shape index (κ3) is 9.97. The molecule has 53 heavy (non-hydrogen) atoms. The van der Waals surface area contributed by atoms with Crippen LogP contribution in [-0.4, -0.2) is 105 Å². The fourth-order valence-electron chi connectivity index (χ4n) is 7.78. The minimum absolute atomic E-state index is 0.195. The molecule has 0 bridgehead atoms. The highest BCUT2D eigenvalue weighted by atomic mass is 16.5. The van der Waals surface area contributed by atoms with E-state index < -0.39 is 17.8 Å². The molecule has 0 saturated heterocycles. The van der Waals surface area contributed by atoms with Gasteiger partial charge in [-0.05, 0) is 110 Å². The van der Waals surface area contributed by atoms with E-state index in [1.807, 2.05) is 37.3 Å². The zero-order chi connectivity index (χ0) is 37.4. The first-order chi connectivity index (χ1) is 25.7. The van der Waals surface area contributed by atoms with Gasteiger partial charge in [0, 0.05) is 39.3 Å². The van der Waals surface area contributed by atoms with Gasteiger partial charge in [-0.2, -0.15) is 0 Å². The maximum absolute atomic E-state index is 11.0. The highest BCUT2D eigenvalue weighted by molar-refractivity contribution is 5.49. The van der Waals surface area contributed by atoms with E-state index in [9.17, 15) is 10.2 Å². The molecule has 286 valence electrons. The van der Waals surface area contributed by atoms with E-state index in [0.29, 0.717) is 25.6 Å². The summed E-state index contributed by atoms with van der Waals surface area (Å²) in [4.78, 5) is 4.51. The van der Waals surface area contributed by atoms with Crippen LogP contribution in [-0.2, 0) is 30.7 Å². The zero-order valence-corrected chi connectivity index (χ0v) is 31.8. The SMILES string of the molecule is C#CC1(OCC(O)CN2CCc3cc(OC)c(OC)cc3C2)CCC(COc2cc3c(cc2OC)CCN(CC(O)COc2ccc(C)cc2)C3)CC1. The van der Waals surface area contributed by atoms with E-state index in [4.69, 9.17) is 34.8 Å². The summed E-state index contributed by atoms with van der Waals surface area (Å²) >= 11 is 0. The number of ether oxygens (including phenoxy) is 6. The average Bonchev–Trinajstić information content (AvgIpc) is 3.18. The van der Waals surface area contributed by atoms with Crippen molar-refractivity contribution in [2.45, 2.75) is 76.3 Å². The molecule has 3 aliphatic rings. The number of methoxy groups -OCH3 is 3. The third-order valence-corrected chi connectivity index (χ3v) is 11.0. The number of rotatable bonds is 16. The second kappa shape index (κ2) is 17.9. The van der Waals surface area contributed by atoms with E-state index >= 15 is 0 Å². The molecule has 2 heterocycles. The number of aliphatic hydroxyl groups is 2. The Kier molecular flexibility index (Phi) is 13.1. The van der Waals surface area contributed by atoms with Gasteiger partial charge in [0.25, 0.3) is 0 Å². The molecule has 1 aliphatic carbocycles. The number of nitrogens with zero attached hydrogens (tertiary/aromatic N) is 2. The minimum atomic E-state index is -0.682. The normalized spacial score (nSPS) is 21.4. The average molecular weight is 729 g/mol. The van der Waals surface area contributed by atoms with Crippen molar-refractivity contribution in [2.24, 2.45) is 5.92 Å². The van der Waals surface area contributed by atoms with Crippen molar-refractivity contribution >= 4 is 0 Å². The summed E-state index contributed by atoms with van der Waals surface area (Å²) in [6.45, 7) is 7.25. The quantitative estimate of drug-likeness (QED) is 0.192. The lowest BCUT2D eigenvalue weighted by Crippen LogP contribution is -2.42. The van der Waals surface area contributed by atoms with Crippen molar-refractivity contribution in [1.82, 2.24) is 9.80 Å². The first-order valence-corrected chi connectivity index (χ1v) is 18.9. The first kappa shape index (κ1) is 38.7. The Morgan fingerprint density at radius 2 is 1.25 bits per heavy atom. The van der Waals surface area contributed by atoms with E-state index in [2.05, 4.69) is 33.9 Å². The first-order valence-electron chi connectivity index (χ1n) is 18.9. The summed E-state index contributed by atoms with van der Waals surface area (Å²) in [5, 5.41) is 21.7. The van der Waals surface area contributed by atoms with Crippen LogP contribution in [0.1, 0.15) is 53.5 Å². The maximum atomic E-state index is 11.0. The van der Waals surface area contributed by atoms with Gasteiger partial charge in [0.05, 0.1) is 40.6 Å². The number of benzene rings is 3. The summed E-state index contributed by atoms with van der Waals surface area (Å²) < 4.78 is 35.2. The van der Waals surface area contributed by atoms with Crippen molar-refractivity contribution in [3.05, 3.63) is 76.3 Å². The molecule has 3 aromatic rings. The number of aryl methyl sites for hydroxylation is 1. The second-order valence-corrected chi connectivity index (χ2v) is 14.9. The van der Waals surface area contributed by atoms with Gasteiger partial charge in [-0.15, -0.1) is 6.42 Å². The largest absolute Gasteiger partial charge is 0.493 e. The molecule has 6 rings (SSSR count). The van der Waals surface area contributed by atoms with E-state index in [1.165, 1.54) is 27.8 Å². The Bertz CT molecular complexity index is 1700. The molecule has 10 nitrogen and oxygen atoms in total. The fourth-order valence-corrected chi connectivity index (χ4v) is 7.78. The molecule has 1 saturated carbocycles. The molecule has 0 amide bonds. The molecular weight excluding hydrogens is 672 g/mol. The Morgan fingerprint density at radius 3 is 1.79 bits per heavy atom. The molecule has 2 N–H and O–H groups in total. The summed E-state index contributed by atoms with van der Waals surface area (Å²) in [6.07, 6.45) is 9.75. The summed E-state index contributed by atoms with van der Waals surface area (Å²) in [5.74, 6) is 6.97. The second-order valence-electron chi connectivity index (χ2n) is 14.9. The Balaban J connectivity index is 0.949. The topological polar surface area (TPSA) is 102 Å². The molecular formula is C43H56N2O8. The number of β-amino-alcohol motifs (C(OH)–C–C–N with tert-alkyl or cyclic N) is 2. The van der Waals surface area contributed by atoms with Gasteiger partial charge < -0.3 is 38.6 Å². The zero-order valence-electron chi connectivity index (χ0n) is 31.8. The van der Waals surface area contributed by atoms with Crippen LogP contribution in [0.4, 0.5) is 0 Å². The van der Waals surface area contributed by atoms with Crippen molar-refractivity contribution in [3.8, 4) is 41.1 Å². The van der Waals surface area contributed by atoms with Crippen molar-refractivity contribution in [2.75, 3.05) is 67.3 Å². The fraction of sp³-hybridized carbons (Fsp3) is 0.535. The predicted molar refractivity (Wildman–Crippen MR) is 204 cm³/mol. The lowest BCUT2D eigenvalue weighted by atomic mass is 9.79. The van der Waals surface area contributed by atoms with E-state index in [-0.39, 0.29) is 13.2 Å². The van der Waals surface area contributed by atoms with Crippen LogP contribution in [0.2, 0.25) is 0 Å². The van der Waals surface area contributed by atoms with Gasteiger partial charge in [0.2, 0.25) is 0 Å². The van der Waals surface area contributed by atoms with Gasteiger partial charge in [0.1, 0.15) is 24.1 Å². The van der Waals surface area contributed by atoms with Crippen molar-refractivity contribution < 1.29 is 38.6 Å². The number of aliphatic hydroxyl groups excluding tert-OH is 2. The monoisotopic (exact) mass is 728 g/mol. The van der Waals surface area contributed by atoms with Crippen LogP contribution >= 0.6 is 0 Å². The molecule has 1 fully saturated rings.